The van der Waals surface area contributed by atoms with E-state index in [4.69, 9.17) is 28.5 Å². The zero-order valence-electron chi connectivity index (χ0n) is 14.1. The predicted octanol–water partition coefficient (Wildman–Crippen LogP) is 2.45. The van der Waals surface area contributed by atoms with E-state index >= 15 is 0 Å². The molecule has 0 radical (unpaired) electrons. The van der Waals surface area contributed by atoms with Crippen LogP contribution in [0.15, 0.2) is 9.63 Å². The monoisotopic (exact) mass is 415 g/mol. The standard InChI is InChI=1S/C16H18BrNO7/c1-4-22-16(19)10-6-8(25-18-10)5-9-11(17)13(21-3)15-14(12(9)20-2)23-7-24-15/h8H,4-7H2,1-3H3. The van der Waals surface area contributed by atoms with Crippen molar-refractivity contribution in [3.8, 4) is 23.0 Å². The van der Waals surface area contributed by atoms with Crippen molar-refractivity contribution >= 4 is 27.6 Å². The molecule has 0 aliphatic carbocycles. The fourth-order valence-corrected chi connectivity index (χ4v) is 3.45. The lowest BCUT2D eigenvalue weighted by atomic mass is 10.0. The molecular formula is C16H18BrNO7. The van der Waals surface area contributed by atoms with Gasteiger partial charge in [0.05, 0.1) is 25.3 Å². The van der Waals surface area contributed by atoms with Crippen molar-refractivity contribution in [1.82, 2.24) is 0 Å². The van der Waals surface area contributed by atoms with Crippen LogP contribution in [0.25, 0.3) is 0 Å². The molecule has 2 aliphatic rings. The van der Waals surface area contributed by atoms with Crippen molar-refractivity contribution in [3.63, 3.8) is 0 Å². The quantitative estimate of drug-likeness (QED) is 0.659. The number of fused-ring (bicyclic) bond motifs is 1. The van der Waals surface area contributed by atoms with Crippen LogP contribution in [0.2, 0.25) is 0 Å². The van der Waals surface area contributed by atoms with Gasteiger partial charge in [0, 0.05) is 18.4 Å². The van der Waals surface area contributed by atoms with Crippen LogP contribution in [0.1, 0.15) is 18.9 Å². The predicted molar refractivity (Wildman–Crippen MR) is 90.6 cm³/mol. The van der Waals surface area contributed by atoms with Crippen LogP contribution in [-0.2, 0) is 20.8 Å². The molecule has 0 bridgehead atoms. The summed E-state index contributed by atoms with van der Waals surface area (Å²) in [6, 6.07) is 0. The molecule has 8 nitrogen and oxygen atoms in total. The van der Waals surface area contributed by atoms with Crippen LogP contribution >= 0.6 is 15.9 Å². The van der Waals surface area contributed by atoms with Gasteiger partial charge in [0.25, 0.3) is 0 Å². The molecule has 0 N–H and O–H groups in total. The molecule has 25 heavy (non-hydrogen) atoms. The second kappa shape index (κ2) is 7.38. The third kappa shape index (κ3) is 3.20. The summed E-state index contributed by atoms with van der Waals surface area (Å²) in [5.74, 6) is 1.58. The summed E-state index contributed by atoms with van der Waals surface area (Å²) >= 11 is 3.54. The fraction of sp³-hybridized carbons (Fsp3) is 0.500. The first-order chi connectivity index (χ1) is 12.1. The number of methoxy groups -OCH3 is 2. The Morgan fingerprint density at radius 1 is 1.24 bits per heavy atom. The number of nitrogens with zero attached hydrogens (tertiary/aromatic N) is 1. The highest BCUT2D eigenvalue weighted by molar-refractivity contribution is 9.10. The molecule has 3 rings (SSSR count). The molecule has 1 atom stereocenters. The van der Waals surface area contributed by atoms with Crippen molar-refractivity contribution < 1.29 is 33.3 Å². The number of rotatable bonds is 6. The van der Waals surface area contributed by atoms with Gasteiger partial charge >= 0.3 is 5.97 Å². The highest BCUT2D eigenvalue weighted by Crippen LogP contribution is 2.54. The normalized spacial score (nSPS) is 17.8. The van der Waals surface area contributed by atoms with Gasteiger partial charge in [0.2, 0.25) is 18.3 Å². The lowest BCUT2D eigenvalue weighted by Crippen LogP contribution is -2.19. The molecule has 1 aromatic rings. The Morgan fingerprint density at radius 3 is 2.56 bits per heavy atom. The number of ether oxygens (including phenoxy) is 5. The molecule has 0 fully saturated rings. The molecule has 0 spiro atoms. The second-order valence-electron chi connectivity index (χ2n) is 5.32. The number of carbonyl (C=O) groups is 1. The van der Waals surface area contributed by atoms with Gasteiger partial charge in [-0.25, -0.2) is 4.79 Å². The minimum Gasteiger partial charge on any atom is -0.492 e. The van der Waals surface area contributed by atoms with E-state index in [-0.39, 0.29) is 18.6 Å². The van der Waals surface area contributed by atoms with E-state index in [9.17, 15) is 4.79 Å². The molecule has 2 aliphatic heterocycles. The van der Waals surface area contributed by atoms with Crippen molar-refractivity contribution in [3.05, 3.63) is 10.0 Å². The SMILES string of the molecule is CCOC(=O)C1=NOC(Cc2c(Br)c(OC)c3c(c2OC)OCO3)C1. The smallest absolute Gasteiger partial charge is 0.356 e. The maximum Gasteiger partial charge on any atom is 0.356 e. The summed E-state index contributed by atoms with van der Waals surface area (Å²) in [6.07, 6.45) is 0.462. The molecule has 2 heterocycles. The number of esters is 1. The zero-order valence-corrected chi connectivity index (χ0v) is 15.7. The van der Waals surface area contributed by atoms with Crippen LogP contribution in [-0.4, -0.2) is 45.4 Å². The molecule has 0 saturated heterocycles. The van der Waals surface area contributed by atoms with Crippen LogP contribution in [0, 0.1) is 0 Å². The van der Waals surface area contributed by atoms with Gasteiger partial charge in [-0.2, -0.15) is 0 Å². The van der Waals surface area contributed by atoms with Crippen LogP contribution in [0.3, 0.4) is 0 Å². The van der Waals surface area contributed by atoms with E-state index in [0.717, 1.165) is 5.56 Å². The molecule has 1 aromatic carbocycles. The summed E-state index contributed by atoms with van der Waals surface area (Å²) in [5, 5.41) is 3.83. The molecule has 9 heteroatoms. The van der Waals surface area contributed by atoms with E-state index < -0.39 is 5.97 Å². The summed E-state index contributed by atoms with van der Waals surface area (Å²) in [6.45, 7) is 2.13. The van der Waals surface area contributed by atoms with Gasteiger partial charge in [-0.1, -0.05) is 5.16 Å². The number of hydrogen-bond acceptors (Lipinski definition) is 8. The number of halogens is 1. The Bertz CT molecular complexity index is 719. The average Bonchev–Trinajstić information content (AvgIpc) is 3.25. The van der Waals surface area contributed by atoms with E-state index in [1.807, 2.05) is 0 Å². The molecule has 0 amide bonds. The third-order valence-electron chi connectivity index (χ3n) is 3.85. The maximum absolute atomic E-state index is 11.8. The average molecular weight is 416 g/mol. The molecule has 136 valence electrons. The zero-order chi connectivity index (χ0) is 18.0. The Morgan fingerprint density at radius 2 is 1.92 bits per heavy atom. The number of carbonyl (C=O) groups excluding carboxylic acids is 1. The number of benzene rings is 1. The topological polar surface area (TPSA) is 84.8 Å². The van der Waals surface area contributed by atoms with Crippen molar-refractivity contribution in [2.24, 2.45) is 5.16 Å². The molecule has 0 saturated carbocycles. The summed E-state index contributed by atoms with van der Waals surface area (Å²) in [4.78, 5) is 17.1. The summed E-state index contributed by atoms with van der Waals surface area (Å²) < 4.78 is 27.6. The molecular weight excluding hydrogens is 398 g/mol. The summed E-state index contributed by atoms with van der Waals surface area (Å²) in [5.41, 5.74) is 1.06. The first-order valence-electron chi connectivity index (χ1n) is 7.72. The van der Waals surface area contributed by atoms with Gasteiger partial charge in [0.1, 0.15) is 6.10 Å². The minimum atomic E-state index is -0.459. The van der Waals surface area contributed by atoms with Crippen LogP contribution < -0.4 is 18.9 Å². The highest BCUT2D eigenvalue weighted by atomic mass is 79.9. The Kier molecular flexibility index (Phi) is 5.22. The Labute approximate surface area is 153 Å². The number of oxime groups is 1. The van der Waals surface area contributed by atoms with Gasteiger partial charge in [-0.05, 0) is 22.9 Å². The lowest BCUT2D eigenvalue weighted by Gasteiger charge is -2.18. The molecule has 0 aromatic heterocycles. The third-order valence-corrected chi connectivity index (χ3v) is 4.69. The lowest BCUT2D eigenvalue weighted by molar-refractivity contribution is -0.135. The number of hydrogen-bond donors (Lipinski definition) is 0. The highest BCUT2D eigenvalue weighted by Gasteiger charge is 2.34. The first-order valence-corrected chi connectivity index (χ1v) is 8.51. The molecule has 1 unspecified atom stereocenters. The van der Waals surface area contributed by atoms with Crippen molar-refractivity contribution in [1.29, 1.82) is 0 Å². The van der Waals surface area contributed by atoms with E-state index in [1.54, 1.807) is 21.1 Å². The van der Waals surface area contributed by atoms with Gasteiger partial charge in [-0.3, -0.25) is 0 Å². The second-order valence-corrected chi connectivity index (χ2v) is 6.11. The minimum absolute atomic E-state index is 0.0913. The Balaban J connectivity index is 1.85. The largest absolute Gasteiger partial charge is 0.492 e. The Hall–Kier alpha value is -2.16. The van der Waals surface area contributed by atoms with Gasteiger partial charge in [-0.15, -0.1) is 0 Å². The first kappa shape index (κ1) is 17.7. The van der Waals surface area contributed by atoms with Gasteiger partial charge in [0.15, 0.2) is 17.2 Å². The van der Waals surface area contributed by atoms with Crippen molar-refractivity contribution in [2.45, 2.75) is 25.9 Å². The van der Waals surface area contributed by atoms with Gasteiger partial charge < -0.3 is 28.5 Å². The fourth-order valence-electron chi connectivity index (χ4n) is 2.77. The van der Waals surface area contributed by atoms with E-state index in [0.29, 0.717) is 46.9 Å². The van der Waals surface area contributed by atoms with E-state index in [1.165, 1.54) is 0 Å². The van der Waals surface area contributed by atoms with Crippen LogP contribution in [0.5, 0.6) is 23.0 Å². The maximum atomic E-state index is 11.8. The van der Waals surface area contributed by atoms with Crippen molar-refractivity contribution in [2.75, 3.05) is 27.6 Å². The van der Waals surface area contributed by atoms with Crippen LogP contribution in [0.4, 0.5) is 0 Å². The summed E-state index contributed by atoms with van der Waals surface area (Å²) in [7, 11) is 3.10. The van der Waals surface area contributed by atoms with E-state index in [2.05, 4.69) is 21.1 Å².